The van der Waals surface area contributed by atoms with Gasteiger partial charge in [0, 0.05) is 22.4 Å². The first-order valence-electron chi connectivity index (χ1n) is 10.5. The summed E-state index contributed by atoms with van der Waals surface area (Å²) in [5.41, 5.74) is 1.79. The molecular weight excluding hydrogens is 531 g/mol. The molecule has 0 aliphatic heterocycles. The van der Waals surface area contributed by atoms with Gasteiger partial charge in [-0.05, 0) is 42.5 Å². The second-order valence-corrected chi connectivity index (χ2v) is 10.3. The first-order chi connectivity index (χ1) is 16.2. The maximum Gasteiger partial charge on any atom is 0.333 e. The van der Waals surface area contributed by atoms with Crippen molar-refractivity contribution in [3.8, 4) is 0 Å². The fourth-order valence-corrected chi connectivity index (χ4v) is 4.82. The molecule has 0 saturated heterocycles. The summed E-state index contributed by atoms with van der Waals surface area (Å²) in [6.45, 7) is 0.336. The van der Waals surface area contributed by atoms with Crippen molar-refractivity contribution in [1.82, 2.24) is 19.7 Å². The van der Waals surface area contributed by atoms with Crippen molar-refractivity contribution < 1.29 is 22.1 Å². The van der Waals surface area contributed by atoms with Gasteiger partial charge in [0.05, 0.1) is 24.9 Å². The normalized spacial score (nSPS) is 21.5. The number of aliphatic hydroxyl groups excluding tert-OH is 1. The number of halogens is 2. The van der Waals surface area contributed by atoms with Crippen LogP contribution in [0.15, 0.2) is 53.5 Å². The van der Waals surface area contributed by atoms with Crippen LogP contribution in [-0.2, 0) is 21.0 Å². The monoisotopic (exact) mass is 554 g/mol. The van der Waals surface area contributed by atoms with Gasteiger partial charge in [-0.25, -0.2) is 19.5 Å². The van der Waals surface area contributed by atoms with Gasteiger partial charge in [-0.1, -0.05) is 28.1 Å². The van der Waals surface area contributed by atoms with E-state index in [9.17, 15) is 17.9 Å². The van der Waals surface area contributed by atoms with Gasteiger partial charge in [0.25, 0.3) is 0 Å². The number of nitrogens with one attached hydrogen (secondary N) is 1. The molecule has 3 aromatic rings. The number of nitrogens with zero attached hydrogens (tertiary/aromatic N) is 4. The number of alkyl halides is 1. The molecule has 2 heterocycles. The largest absolute Gasteiger partial charge is 0.382 e. The zero-order valence-electron chi connectivity index (χ0n) is 18.0. The molecule has 34 heavy (non-hydrogen) atoms. The highest BCUT2D eigenvalue weighted by Crippen LogP contribution is 2.33. The van der Waals surface area contributed by atoms with E-state index in [2.05, 4.69) is 40.5 Å². The van der Waals surface area contributed by atoms with E-state index < -0.39 is 28.6 Å². The van der Waals surface area contributed by atoms with Gasteiger partial charge in [-0.15, -0.1) is 0 Å². The highest BCUT2D eigenvalue weighted by Gasteiger charge is 2.36. The van der Waals surface area contributed by atoms with Crippen LogP contribution in [0, 0.1) is 5.92 Å². The average molecular weight is 555 g/mol. The molecule has 4 N–H and O–H groups in total. The van der Waals surface area contributed by atoms with E-state index in [1.54, 1.807) is 16.9 Å². The number of aromatic nitrogens is 4. The summed E-state index contributed by atoms with van der Waals surface area (Å²) in [6, 6.07) is 8.91. The van der Waals surface area contributed by atoms with E-state index in [1.807, 2.05) is 24.3 Å². The number of benzene rings is 1. The summed E-state index contributed by atoms with van der Waals surface area (Å²) in [5, 5.41) is 23.3. The van der Waals surface area contributed by atoms with Crippen LogP contribution in [0.5, 0.6) is 0 Å². The topological polar surface area (TPSA) is 145 Å². The van der Waals surface area contributed by atoms with Crippen LogP contribution in [0.1, 0.15) is 35.8 Å². The van der Waals surface area contributed by atoms with Crippen molar-refractivity contribution >= 4 is 32.1 Å². The minimum Gasteiger partial charge on any atom is -0.382 e. The fraction of sp³-hybridized carbons (Fsp3) is 0.381. The average Bonchev–Trinajstić information content (AvgIpc) is 3.38. The van der Waals surface area contributed by atoms with Crippen LogP contribution in [0.2, 0.25) is 0 Å². The highest BCUT2D eigenvalue weighted by molar-refractivity contribution is 9.10. The predicted octanol–water partition coefficient (Wildman–Crippen LogP) is 2.31. The summed E-state index contributed by atoms with van der Waals surface area (Å²) >= 11 is 3.45. The van der Waals surface area contributed by atoms with Gasteiger partial charge < -0.3 is 10.4 Å². The zero-order chi connectivity index (χ0) is 24.3. The molecule has 4 rings (SSSR count). The van der Waals surface area contributed by atoms with Crippen LogP contribution in [0.4, 0.5) is 10.2 Å². The summed E-state index contributed by atoms with van der Waals surface area (Å²) in [6.07, 6.45) is 2.58. The van der Waals surface area contributed by atoms with Crippen molar-refractivity contribution in [2.75, 3.05) is 11.9 Å². The Bertz CT molecular complexity index is 1240. The molecule has 0 amide bonds. The number of aliphatic hydroxyl groups is 1. The minimum absolute atomic E-state index is 0.121. The molecule has 10 nitrogen and oxygen atoms in total. The first-order valence-corrected chi connectivity index (χ1v) is 12.8. The van der Waals surface area contributed by atoms with Gasteiger partial charge in [0.2, 0.25) is 0 Å². The number of nitrogens with two attached hydrogens (primary N) is 1. The molecule has 2 aromatic heterocycles. The van der Waals surface area contributed by atoms with E-state index in [0.29, 0.717) is 24.2 Å². The van der Waals surface area contributed by atoms with Gasteiger partial charge >= 0.3 is 10.3 Å². The van der Waals surface area contributed by atoms with E-state index in [1.165, 1.54) is 12.5 Å². The van der Waals surface area contributed by atoms with E-state index >= 15 is 0 Å². The second-order valence-electron chi connectivity index (χ2n) is 8.18. The van der Waals surface area contributed by atoms with E-state index in [0.717, 1.165) is 10.0 Å². The van der Waals surface area contributed by atoms with E-state index in [-0.39, 0.29) is 24.8 Å². The summed E-state index contributed by atoms with van der Waals surface area (Å²) in [5.74, 6) is -0.0422. The smallest absolute Gasteiger partial charge is 0.333 e. The SMILES string of the molecule is NS(=O)(=O)OCC1CC(F)C(Nc2ncncc2C(O)c2ccn(Cc3cccc(Br)c3)n2)C1. The Morgan fingerprint density at radius 3 is 2.94 bits per heavy atom. The van der Waals surface area contributed by atoms with E-state index in [4.69, 9.17) is 5.14 Å². The number of rotatable bonds is 9. The summed E-state index contributed by atoms with van der Waals surface area (Å²) in [4.78, 5) is 8.18. The molecule has 1 aromatic carbocycles. The Kier molecular flexibility index (Phi) is 7.57. The van der Waals surface area contributed by atoms with Crippen LogP contribution in [0.25, 0.3) is 0 Å². The molecule has 4 unspecified atom stereocenters. The van der Waals surface area contributed by atoms with Crippen molar-refractivity contribution in [3.63, 3.8) is 0 Å². The van der Waals surface area contributed by atoms with Crippen molar-refractivity contribution in [3.05, 3.63) is 70.3 Å². The lowest BCUT2D eigenvalue weighted by Crippen LogP contribution is -2.27. The number of hydrogen-bond donors (Lipinski definition) is 3. The third-order valence-corrected chi connectivity index (χ3v) is 6.54. The highest BCUT2D eigenvalue weighted by atomic mass is 79.9. The molecule has 0 spiro atoms. The Morgan fingerprint density at radius 1 is 1.35 bits per heavy atom. The van der Waals surface area contributed by atoms with Gasteiger partial charge in [0.15, 0.2) is 0 Å². The molecule has 1 aliphatic carbocycles. The van der Waals surface area contributed by atoms with Crippen molar-refractivity contribution in [2.24, 2.45) is 11.1 Å². The quantitative estimate of drug-likeness (QED) is 0.365. The lowest BCUT2D eigenvalue weighted by molar-refractivity contribution is 0.213. The van der Waals surface area contributed by atoms with Crippen LogP contribution in [0.3, 0.4) is 0 Å². The molecule has 4 atom stereocenters. The Morgan fingerprint density at radius 2 is 2.18 bits per heavy atom. The number of hydrogen-bond acceptors (Lipinski definition) is 8. The second kappa shape index (κ2) is 10.4. The summed E-state index contributed by atoms with van der Waals surface area (Å²) in [7, 11) is -4.08. The van der Waals surface area contributed by atoms with Gasteiger partial charge in [0.1, 0.15) is 24.4 Å². The third-order valence-electron chi connectivity index (χ3n) is 5.58. The number of anilines is 1. The van der Waals surface area contributed by atoms with Crippen molar-refractivity contribution in [1.29, 1.82) is 0 Å². The Balaban J connectivity index is 1.45. The summed E-state index contributed by atoms with van der Waals surface area (Å²) < 4.78 is 43.9. The molecule has 1 fully saturated rings. The van der Waals surface area contributed by atoms with Crippen molar-refractivity contribution in [2.45, 2.75) is 37.7 Å². The van der Waals surface area contributed by atoms with Crippen LogP contribution < -0.4 is 10.5 Å². The molecule has 182 valence electrons. The molecule has 1 saturated carbocycles. The Labute approximate surface area is 204 Å². The molecule has 0 radical (unpaired) electrons. The molecule has 0 bridgehead atoms. The fourth-order valence-electron chi connectivity index (χ4n) is 3.99. The van der Waals surface area contributed by atoms with Crippen LogP contribution >= 0.6 is 15.9 Å². The first kappa shape index (κ1) is 24.7. The standard InChI is InChI=1S/C21H24BrFN6O4S/c22-15-3-1-2-13(6-15)10-29-5-4-18(28-29)20(30)16-9-25-12-26-21(16)27-19-8-14(7-17(19)23)11-33-34(24,31)32/h1-6,9,12,14,17,19-20,30H,7-8,10-11H2,(H2,24,31,32)(H,25,26,27). The van der Waals surface area contributed by atoms with Gasteiger partial charge in [-0.3, -0.25) is 8.86 Å². The zero-order valence-corrected chi connectivity index (χ0v) is 20.4. The third kappa shape index (κ3) is 6.36. The van der Waals surface area contributed by atoms with Crippen LogP contribution in [-0.4, -0.2) is 52.1 Å². The molecule has 13 heteroatoms. The maximum absolute atomic E-state index is 14.6. The lowest BCUT2D eigenvalue weighted by Gasteiger charge is -2.19. The maximum atomic E-state index is 14.6. The minimum atomic E-state index is -4.08. The lowest BCUT2D eigenvalue weighted by atomic mass is 10.1. The molecular formula is C21H24BrFN6O4S. The van der Waals surface area contributed by atoms with Gasteiger partial charge in [-0.2, -0.15) is 13.5 Å². The predicted molar refractivity (Wildman–Crippen MR) is 126 cm³/mol. The Hall–Kier alpha value is -2.45. The molecule has 1 aliphatic rings.